The number of nitrogens with two attached hydrogens (primary N) is 1. The molecule has 0 spiro atoms. The largest absolute Gasteiger partial charge is 0.396 e. The van der Waals surface area contributed by atoms with E-state index in [1.807, 2.05) is 16.5 Å². The minimum absolute atomic E-state index is 0.0630. The Morgan fingerprint density at radius 2 is 2.00 bits per heavy atom. The summed E-state index contributed by atoms with van der Waals surface area (Å²) in [5.41, 5.74) is 9.02. The van der Waals surface area contributed by atoms with Crippen molar-refractivity contribution in [1.82, 2.24) is 14.4 Å². The number of fused-ring (bicyclic) bond motifs is 3. The Bertz CT molecular complexity index is 1190. The van der Waals surface area contributed by atoms with Crippen LogP contribution in [0.4, 0.5) is 20.7 Å². The van der Waals surface area contributed by atoms with Gasteiger partial charge in [0, 0.05) is 30.5 Å². The third-order valence-electron chi connectivity index (χ3n) is 4.46. The van der Waals surface area contributed by atoms with Gasteiger partial charge < -0.3 is 21.5 Å². The van der Waals surface area contributed by atoms with E-state index in [2.05, 4.69) is 20.6 Å². The number of carbonyl (C=O) groups excluding carboxylic acids is 1. The van der Waals surface area contributed by atoms with Crippen LogP contribution < -0.4 is 16.4 Å². The molecule has 2 aromatic carbocycles. The predicted molar refractivity (Wildman–Crippen MR) is 109 cm³/mol. The van der Waals surface area contributed by atoms with E-state index in [9.17, 15) is 9.18 Å². The number of urea groups is 1. The molecule has 4 aromatic rings. The molecule has 0 aliphatic heterocycles. The summed E-state index contributed by atoms with van der Waals surface area (Å²) in [6.07, 6.45) is 2.26. The van der Waals surface area contributed by atoms with Crippen LogP contribution in [0.15, 0.2) is 48.7 Å². The Balaban J connectivity index is 1.87. The summed E-state index contributed by atoms with van der Waals surface area (Å²) in [6, 6.07) is 10.8. The highest BCUT2D eigenvalue weighted by molar-refractivity contribution is 5.89. The Morgan fingerprint density at radius 3 is 2.72 bits per heavy atom. The van der Waals surface area contributed by atoms with Crippen molar-refractivity contribution >= 4 is 34.2 Å². The molecule has 2 heterocycles. The van der Waals surface area contributed by atoms with E-state index in [-0.39, 0.29) is 12.4 Å². The van der Waals surface area contributed by atoms with Crippen molar-refractivity contribution in [3.05, 3.63) is 54.5 Å². The highest BCUT2D eigenvalue weighted by Gasteiger charge is 2.15. The first-order valence-electron chi connectivity index (χ1n) is 9.05. The average Bonchev–Trinajstić information content (AvgIpc) is 3.14. The Hall–Kier alpha value is -3.72. The fourth-order valence-electron chi connectivity index (χ4n) is 3.18. The van der Waals surface area contributed by atoms with Crippen LogP contribution in [-0.4, -0.2) is 38.7 Å². The molecule has 0 bridgehead atoms. The summed E-state index contributed by atoms with van der Waals surface area (Å²) < 4.78 is 15.8. The summed E-state index contributed by atoms with van der Waals surface area (Å²) in [5.74, 6) is 0.179. The maximum absolute atomic E-state index is 14.0. The first-order chi connectivity index (χ1) is 14.1. The number of aliphatic hydroxyl groups is 1. The summed E-state index contributed by atoms with van der Waals surface area (Å²) in [6.45, 7) is 0.592. The number of primary amides is 1. The summed E-state index contributed by atoms with van der Waals surface area (Å²) >= 11 is 0. The first kappa shape index (κ1) is 18.6. The summed E-state index contributed by atoms with van der Waals surface area (Å²) in [7, 11) is 0. The van der Waals surface area contributed by atoms with Crippen molar-refractivity contribution in [1.29, 1.82) is 0 Å². The van der Waals surface area contributed by atoms with Crippen molar-refractivity contribution in [2.45, 2.75) is 6.42 Å². The third-order valence-corrected chi connectivity index (χ3v) is 4.46. The second-order valence-electron chi connectivity index (χ2n) is 6.47. The van der Waals surface area contributed by atoms with Gasteiger partial charge in [0.1, 0.15) is 5.82 Å². The molecule has 0 aliphatic rings. The molecule has 2 aromatic heterocycles. The van der Waals surface area contributed by atoms with Gasteiger partial charge in [-0.1, -0.05) is 12.1 Å². The third kappa shape index (κ3) is 3.67. The maximum atomic E-state index is 14.0. The molecular formula is C20H19FN6O2. The molecule has 2 amide bonds. The molecule has 0 saturated heterocycles. The van der Waals surface area contributed by atoms with Gasteiger partial charge in [0.25, 0.3) is 0 Å². The van der Waals surface area contributed by atoms with Crippen LogP contribution in [0, 0.1) is 5.82 Å². The predicted octanol–water partition coefficient (Wildman–Crippen LogP) is 2.97. The van der Waals surface area contributed by atoms with E-state index < -0.39 is 6.03 Å². The van der Waals surface area contributed by atoms with E-state index in [0.717, 1.165) is 11.3 Å². The van der Waals surface area contributed by atoms with Crippen LogP contribution in [0.3, 0.4) is 0 Å². The zero-order chi connectivity index (χ0) is 20.4. The van der Waals surface area contributed by atoms with E-state index in [1.165, 1.54) is 12.1 Å². The lowest BCUT2D eigenvalue weighted by Crippen LogP contribution is -2.19. The number of halogens is 1. The summed E-state index contributed by atoms with van der Waals surface area (Å²) in [4.78, 5) is 20.1. The van der Waals surface area contributed by atoms with E-state index >= 15 is 0 Å². The standard InChI is InChI=1S/C20H19FN6O2/c21-13-4-7-15-16(10-13)27-17(12-2-5-14(6-3-12)25-20(22)29)11-24-19(27)18(26-15)23-8-1-9-28/h2-7,10-11,28H,1,8-9H2,(H,23,26)(H3,22,25,29). The molecule has 148 valence electrons. The van der Waals surface area contributed by atoms with Crippen LogP contribution in [-0.2, 0) is 0 Å². The van der Waals surface area contributed by atoms with Gasteiger partial charge in [0.05, 0.1) is 22.9 Å². The van der Waals surface area contributed by atoms with Gasteiger partial charge in [-0.05, 0) is 30.7 Å². The molecule has 29 heavy (non-hydrogen) atoms. The minimum atomic E-state index is -0.640. The molecule has 9 heteroatoms. The van der Waals surface area contributed by atoms with Gasteiger partial charge in [-0.2, -0.15) is 0 Å². The second kappa shape index (κ2) is 7.72. The number of hydrogen-bond donors (Lipinski definition) is 4. The molecule has 0 fully saturated rings. The zero-order valence-electron chi connectivity index (χ0n) is 15.4. The lowest BCUT2D eigenvalue weighted by Gasteiger charge is -2.11. The normalized spacial score (nSPS) is 11.1. The quantitative estimate of drug-likeness (QED) is 0.375. The monoisotopic (exact) mass is 394 g/mol. The first-order valence-corrected chi connectivity index (χ1v) is 9.05. The minimum Gasteiger partial charge on any atom is -0.396 e. The fraction of sp³-hybridized carbons (Fsp3) is 0.150. The maximum Gasteiger partial charge on any atom is 0.316 e. The lowest BCUT2D eigenvalue weighted by molar-refractivity contribution is 0.259. The highest BCUT2D eigenvalue weighted by atomic mass is 19.1. The fourth-order valence-corrected chi connectivity index (χ4v) is 3.18. The number of rotatable bonds is 6. The summed E-state index contributed by atoms with van der Waals surface area (Å²) in [5, 5.41) is 14.7. The number of carbonyl (C=O) groups is 1. The van der Waals surface area contributed by atoms with Gasteiger partial charge in [-0.25, -0.2) is 19.2 Å². The second-order valence-corrected chi connectivity index (χ2v) is 6.47. The molecule has 0 atom stereocenters. The van der Waals surface area contributed by atoms with Gasteiger partial charge >= 0.3 is 6.03 Å². The van der Waals surface area contributed by atoms with E-state index in [0.29, 0.717) is 41.2 Å². The highest BCUT2D eigenvalue weighted by Crippen LogP contribution is 2.29. The van der Waals surface area contributed by atoms with E-state index in [4.69, 9.17) is 10.8 Å². The number of anilines is 2. The SMILES string of the molecule is NC(=O)Nc1ccc(-c2cnc3c(NCCCO)nc4ccc(F)cc4n23)cc1. The molecule has 5 N–H and O–H groups in total. The molecule has 8 nitrogen and oxygen atoms in total. The van der Waals surface area contributed by atoms with Crippen molar-refractivity contribution < 1.29 is 14.3 Å². The van der Waals surface area contributed by atoms with Gasteiger partial charge in [0.2, 0.25) is 0 Å². The molecule has 4 rings (SSSR count). The van der Waals surface area contributed by atoms with Crippen LogP contribution in [0.25, 0.3) is 27.9 Å². The molecule has 0 aliphatic carbocycles. The van der Waals surface area contributed by atoms with E-state index in [1.54, 1.807) is 24.4 Å². The number of imidazole rings is 1. The van der Waals surface area contributed by atoms with Crippen LogP contribution in [0.2, 0.25) is 0 Å². The van der Waals surface area contributed by atoms with Crippen LogP contribution >= 0.6 is 0 Å². The number of nitrogens with zero attached hydrogens (tertiary/aromatic N) is 3. The van der Waals surface area contributed by atoms with Gasteiger partial charge in [-0.3, -0.25) is 4.40 Å². The van der Waals surface area contributed by atoms with Gasteiger partial charge in [-0.15, -0.1) is 0 Å². The van der Waals surface area contributed by atoms with Crippen molar-refractivity contribution in [2.24, 2.45) is 5.73 Å². The lowest BCUT2D eigenvalue weighted by atomic mass is 10.1. The number of amides is 2. The average molecular weight is 394 g/mol. The molecule has 0 saturated carbocycles. The number of aliphatic hydroxyl groups excluding tert-OH is 1. The Morgan fingerprint density at radius 1 is 1.21 bits per heavy atom. The number of hydrogen-bond acceptors (Lipinski definition) is 5. The Labute approximate surface area is 165 Å². The zero-order valence-corrected chi connectivity index (χ0v) is 15.4. The number of aromatic nitrogens is 3. The van der Waals surface area contributed by atoms with Gasteiger partial charge in [0.15, 0.2) is 11.5 Å². The Kier molecular flexibility index (Phi) is 4.96. The van der Waals surface area contributed by atoms with Crippen LogP contribution in [0.5, 0.6) is 0 Å². The topological polar surface area (TPSA) is 118 Å². The van der Waals surface area contributed by atoms with Crippen molar-refractivity contribution in [3.8, 4) is 11.3 Å². The molecule has 0 unspecified atom stereocenters. The molecule has 0 radical (unpaired) electrons. The van der Waals surface area contributed by atoms with Crippen molar-refractivity contribution in [2.75, 3.05) is 23.8 Å². The number of nitrogens with one attached hydrogen (secondary N) is 2. The molecular weight excluding hydrogens is 375 g/mol. The number of benzene rings is 2. The van der Waals surface area contributed by atoms with Crippen molar-refractivity contribution in [3.63, 3.8) is 0 Å². The smallest absolute Gasteiger partial charge is 0.316 e. The van der Waals surface area contributed by atoms with Crippen LogP contribution in [0.1, 0.15) is 6.42 Å².